The van der Waals surface area contributed by atoms with Gasteiger partial charge in [0.1, 0.15) is 17.6 Å². The monoisotopic (exact) mass is 288 g/mol. The molecule has 1 aromatic rings. The van der Waals surface area contributed by atoms with Crippen LogP contribution < -0.4 is 0 Å². The van der Waals surface area contributed by atoms with Crippen LogP contribution >= 0.6 is 11.6 Å². The zero-order valence-electron chi connectivity index (χ0n) is 12.1. The fraction of sp³-hybridized carbons (Fsp3) is 0.714. The molecular weight excluding hydrogens is 264 g/mol. The molecule has 0 aromatic carbocycles. The Hall–Kier alpha value is -0.253. The minimum absolute atomic E-state index is 0.0499. The first-order valence-electron chi connectivity index (χ1n) is 6.64. The molecule has 1 heterocycles. The molecule has 1 unspecified atom stereocenters. The smallest absolute Gasteiger partial charge is 0.172 e. The summed E-state index contributed by atoms with van der Waals surface area (Å²) in [5.41, 5.74) is 0.0544. The highest BCUT2D eigenvalue weighted by molar-refractivity contribution is 6.48. The van der Waals surface area contributed by atoms with Gasteiger partial charge in [0, 0.05) is 12.3 Å². The summed E-state index contributed by atoms with van der Waals surface area (Å²) in [4.78, 5) is 0. The van der Waals surface area contributed by atoms with E-state index in [4.69, 9.17) is 20.4 Å². The van der Waals surface area contributed by atoms with Crippen LogP contribution in [-0.4, -0.2) is 14.9 Å². The van der Waals surface area contributed by atoms with E-state index in [-0.39, 0.29) is 11.5 Å². The topological polar surface area (TPSA) is 22.4 Å². The third kappa shape index (κ3) is 4.79. The molecular formula is C14H25ClO2Si. The molecule has 0 N–H and O–H groups in total. The highest BCUT2D eigenvalue weighted by Gasteiger charge is 2.30. The number of rotatable bonds is 6. The molecule has 18 heavy (non-hydrogen) atoms. The van der Waals surface area contributed by atoms with Gasteiger partial charge < -0.3 is 8.84 Å². The van der Waals surface area contributed by atoms with Crippen molar-refractivity contribution in [2.75, 3.05) is 5.88 Å². The Labute approximate surface area is 117 Å². The molecule has 0 amide bonds. The molecule has 0 saturated heterocycles. The number of aryl methyl sites for hydroxylation is 1. The van der Waals surface area contributed by atoms with E-state index in [0.717, 1.165) is 24.4 Å². The van der Waals surface area contributed by atoms with Gasteiger partial charge in [-0.3, -0.25) is 0 Å². The van der Waals surface area contributed by atoms with Gasteiger partial charge in [0.15, 0.2) is 9.04 Å². The molecule has 1 rings (SSSR count). The van der Waals surface area contributed by atoms with Gasteiger partial charge >= 0.3 is 0 Å². The number of hydrogen-bond acceptors (Lipinski definition) is 2. The van der Waals surface area contributed by atoms with Gasteiger partial charge in [-0.15, -0.1) is 11.6 Å². The molecule has 0 aliphatic carbocycles. The minimum Gasteiger partial charge on any atom is -0.463 e. The first-order valence-corrected chi connectivity index (χ1v) is 9.96. The van der Waals surface area contributed by atoms with Crippen molar-refractivity contribution in [2.24, 2.45) is 5.41 Å². The van der Waals surface area contributed by atoms with E-state index < -0.39 is 9.04 Å². The zero-order chi connectivity index (χ0) is 13.8. The van der Waals surface area contributed by atoms with Crippen molar-refractivity contribution >= 4 is 20.6 Å². The van der Waals surface area contributed by atoms with E-state index in [1.54, 1.807) is 0 Å². The number of alkyl halides is 1. The summed E-state index contributed by atoms with van der Waals surface area (Å²) in [7, 11) is -1.09. The molecule has 0 aliphatic rings. The molecule has 0 spiro atoms. The van der Waals surface area contributed by atoms with Gasteiger partial charge in [0.2, 0.25) is 0 Å². The molecule has 2 nitrogen and oxygen atoms in total. The molecule has 0 radical (unpaired) electrons. The van der Waals surface area contributed by atoms with Crippen molar-refractivity contribution in [3.05, 3.63) is 23.7 Å². The second kappa shape index (κ2) is 6.78. The molecule has 0 saturated carbocycles. The Kier molecular flexibility index (Phi) is 5.95. The average molecular weight is 289 g/mol. The predicted octanol–water partition coefficient (Wildman–Crippen LogP) is 4.54. The molecule has 1 atom stereocenters. The second-order valence-electron chi connectivity index (χ2n) is 6.03. The summed E-state index contributed by atoms with van der Waals surface area (Å²) in [5, 5.41) is 0. The maximum atomic E-state index is 6.14. The van der Waals surface area contributed by atoms with Gasteiger partial charge in [0.25, 0.3) is 0 Å². The first-order chi connectivity index (χ1) is 8.34. The number of furan rings is 1. The van der Waals surface area contributed by atoms with Crippen LogP contribution in [0.4, 0.5) is 0 Å². The third-order valence-corrected chi connectivity index (χ3v) is 3.78. The van der Waals surface area contributed by atoms with Crippen LogP contribution in [0.15, 0.2) is 16.5 Å². The first kappa shape index (κ1) is 15.8. The van der Waals surface area contributed by atoms with Crippen molar-refractivity contribution in [2.45, 2.75) is 52.8 Å². The quantitative estimate of drug-likeness (QED) is 0.566. The van der Waals surface area contributed by atoms with Gasteiger partial charge in [-0.1, -0.05) is 20.8 Å². The third-order valence-electron chi connectivity index (χ3n) is 2.69. The molecule has 1 aromatic heterocycles. The molecule has 4 heteroatoms. The fourth-order valence-electron chi connectivity index (χ4n) is 1.88. The average Bonchev–Trinajstić information content (AvgIpc) is 2.69. The zero-order valence-corrected chi connectivity index (χ0v) is 14.0. The standard InChI is InChI=1S/C14H25ClO2Si/c1-14(2,3)13(17-18(4)5)12-9-8-11(16-12)7-6-10-15/h8-9,13,18H,6-7,10H2,1-5H3. The summed E-state index contributed by atoms with van der Waals surface area (Å²) < 4.78 is 12.1. The fourth-order valence-corrected chi connectivity index (χ4v) is 3.10. The lowest BCUT2D eigenvalue weighted by atomic mass is 9.88. The SMILES string of the molecule is C[SiH](C)OC(c1ccc(CCCCl)o1)C(C)(C)C. The summed E-state index contributed by atoms with van der Waals surface area (Å²) in [5.74, 6) is 2.64. The van der Waals surface area contributed by atoms with E-state index in [1.165, 1.54) is 0 Å². The summed E-state index contributed by atoms with van der Waals surface area (Å²) >= 11 is 5.70. The minimum atomic E-state index is -1.09. The Morgan fingerprint density at radius 3 is 2.50 bits per heavy atom. The van der Waals surface area contributed by atoms with Crippen molar-refractivity contribution < 1.29 is 8.84 Å². The molecule has 0 bridgehead atoms. The second-order valence-corrected chi connectivity index (χ2v) is 8.78. The normalized spacial score (nSPS) is 14.2. The van der Waals surface area contributed by atoms with Crippen LogP contribution in [0.25, 0.3) is 0 Å². The predicted molar refractivity (Wildman–Crippen MR) is 79.9 cm³/mol. The maximum Gasteiger partial charge on any atom is 0.172 e. The summed E-state index contributed by atoms with van der Waals surface area (Å²) in [6.07, 6.45) is 1.91. The van der Waals surface area contributed by atoms with Crippen LogP contribution in [0, 0.1) is 5.41 Å². The Bertz CT molecular complexity index is 355. The van der Waals surface area contributed by atoms with Crippen LogP contribution in [-0.2, 0) is 10.8 Å². The van der Waals surface area contributed by atoms with Gasteiger partial charge in [0.05, 0.1) is 0 Å². The number of hydrogen-bond donors (Lipinski definition) is 0. The Morgan fingerprint density at radius 1 is 1.33 bits per heavy atom. The van der Waals surface area contributed by atoms with Crippen molar-refractivity contribution in [1.82, 2.24) is 0 Å². The van der Waals surface area contributed by atoms with Crippen LogP contribution in [0.1, 0.15) is 44.8 Å². The molecule has 0 fully saturated rings. The lowest BCUT2D eigenvalue weighted by Crippen LogP contribution is -2.25. The Morgan fingerprint density at radius 2 is 2.00 bits per heavy atom. The largest absolute Gasteiger partial charge is 0.463 e. The van der Waals surface area contributed by atoms with Gasteiger partial charge in [-0.2, -0.15) is 0 Å². The Balaban J connectivity index is 2.82. The summed E-state index contributed by atoms with van der Waals surface area (Å²) in [6.45, 7) is 11.0. The van der Waals surface area contributed by atoms with Crippen molar-refractivity contribution in [1.29, 1.82) is 0 Å². The molecule has 104 valence electrons. The van der Waals surface area contributed by atoms with Crippen molar-refractivity contribution in [3.63, 3.8) is 0 Å². The van der Waals surface area contributed by atoms with Crippen LogP contribution in [0.2, 0.25) is 13.1 Å². The maximum absolute atomic E-state index is 6.14. The highest BCUT2D eigenvalue weighted by Crippen LogP contribution is 2.37. The highest BCUT2D eigenvalue weighted by atomic mass is 35.5. The van der Waals surface area contributed by atoms with Crippen LogP contribution in [0.5, 0.6) is 0 Å². The van der Waals surface area contributed by atoms with E-state index in [1.807, 2.05) is 6.07 Å². The van der Waals surface area contributed by atoms with Crippen LogP contribution in [0.3, 0.4) is 0 Å². The van der Waals surface area contributed by atoms with E-state index in [0.29, 0.717) is 5.88 Å². The lowest BCUT2D eigenvalue weighted by molar-refractivity contribution is 0.0651. The van der Waals surface area contributed by atoms with E-state index in [2.05, 4.69) is 39.9 Å². The number of halogens is 1. The van der Waals surface area contributed by atoms with Crippen molar-refractivity contribution in [3.8, 4) is 0 Å². The lowest BCUT2D eigenvalue weighted by Gasteiger charge is -2.31. The van der Waals surface area contributed by atoms with Gasteiger partial charge in [-0.05, 0) is 37.1 Å². The van der Waals surface area contributed by atoms with E-state index >= 15 is 0 Å². The van der Waals surface area contributed by atoms with E-state index in [9.17, 15) is 0 Å². The molecule has 0 aliphatic heterocycles. The summed E-state index contributed by atoms with van der Waals surface area (Å²) in [6, 6.07) is 4.10. The van der Waals surface area contributed by atoms with Gasteiger partial charge in [-0.25, -0.2) is 0 Å².